The third-order valence-electron chi connectivity index (χ3n) is 4.69. The fraction of sp³-hybridized carbons (Fsp3) is 0.688. The van der Waals surface area contributed by atoms with Crippen molar-refractivity contribution in [3.8, 4) is 0 Å². The molecule has 1 aromatic rings. The molecule has 0 radical (unpaired) electrons. The number of rotatable bonds is 5. The molecular formula is C16H27Cl2N5O. The molecule has 136 valence electrons. The molecule has 1 saturated carbocycles. The van der Waals surface area contributed by atoms with Gasteiger partial charge < -0.3 is 15.5 Å². The molecule has 0 bridgehead atoms. The molecule has 0 aromatic carbocycles. The standard InChI is InChI=1S/C16H25N5O.2ClH/c1-2-3-4-20-5-6-21(10-16(20)22)15-9-14(18-11-19-15)12-7-13(17)8-12;;/h9,11-13H,2-8,10,17H2,1H3;2*1H. The van der Waals surface area contributed by atoms with Crippen LogP contribution in [0.1, 0.15) is 44.2 Å². The molecule has 1 aliphatic carbocycles. The van der Waals surface area contributed by atoms with Crippen LogP contribution in [0.2, 0.25) is 0 Å². The van der Waals surface area contributed by atoms with E-state index in [1.165, 1.54) is 0 Å². The quantitative estimate of drug-likeness (QED) is 0.851. The molecule has 1 amide bonds. The number of carbonyl (C=O) groups excluding carboxylic acids is 1. The highest BCUT2D eigenvalue weighted by Gasteiger charge is 2.30. The lowest BCUT2D eigenvalue weighted by Crippen LogP contribution is -2.50. The van der Waals surface area contributed by atoms with Crippen molar-refractivity contribution in [2.24, 2.45) is 5.73 Å². The molecule has 24 heavy (non-hydrogen) atoms. The molecule has 8 heteroatoms. The van der Waals surface area contributed by atoms with Gasteiger partial charge in [0.15, 0.2) is 0 Å². The van der Waals surface area contributed by atoms with E-state index in [0.29, 0.717) is 18.5 Å². The van der Waals surface area contributed by atoms with Crippen LogP contribution in [0.3, 0.4) is 0 Å². The van der Waals surface area contributed by atoms with Gasteiger partial charge in [-0.2, -0.15) is 0 Å². The lowest BCUT2D eigenvalue weighted by Gasteiger charge is -2.36. The van der Waals surface area contributed by atoms with E-state index in [1.807, 2.05) is 11.0 Å². The van der Waals surface area contributed by atoms with E-state index >= 15 is 0 Å². The van der Waals surface area contributed by atoms with Gasteiger partial charge >= 0.3 is 0 Å². The van der Waals surface area contributed by atoms with Crippen LogP contribution in [0.4, 0.5) is 5.82 Å². The maximum atomic E-state index is 12.2. The van der Waals surface area contributed by atoms with Crippen molar-refractivity contribution in [2.45, 2.75) is 44.6 Å². The summed E-state index contributed by atoms with van der Waals surface area (Å²) < 4.78 is 0. The largest absolute Gasteiger partial charge is 0.345 e. The molecular weight excluding hydrogens is 349 g/mol. The van der Waals surface area contributed by atoms with Crippen molar-refractivity contribution in [1.29, 1.82) is 0 Å². The Kier molecular flexibility index (Phi) is 8.19. The van der Waals surface area contributed by atoms with Gasteiger partial charge in [-0.1, -0.05) is 13.3 Å². The number of aromatic nitrogens is 2. The number of nitrogens with two attached hydrogens (primary N) is 1. The Balaban J connectivity index is 0.00000144. The van der Waals surface area contributed by atoms with Crippen LogP contribution in [0, 0.1) is 0 Å². The van der Waals surface area contributed by atoms with Gasteiger partial charge in [0.1, 0.15) is 12.1 Å². The predicted molar refractivity (Wildman–Crippen MR) is 100 cm³/mol. The predicted octanol–water partition coefficient (Wildman–Crippen LogP) is 1.97. The van der Waals surface area contributed by atoms with Crippen LogP contribution < -0.4 is 10.6 Å². The highest BCUT2D eigenvalue weighted by Crippen LogP contribution is 2.35. The van der Waals surface area contributed by atoms with Crippen molar-refractivity contribution in [2.75, 3.05) is 31.1 Å². The van der Waals surface area contributed by atoms with Crippen LogP contribution in [0.15, 0.2) is 12.4 Å². The van der Waals surface area contributed by atoms with Crippen molar-refractivity contribution >= 4 is 36.5 Å². The second kappa shape index (κ2) is 9.39. The second-order valence-corrected chi connectivity index (χ2v) is 6.39. The van der Waals surface area contributed by atoms with Crippen LogP contribution in [-0.4, -0.2) is 53.0 Å². The van der Waals surface area contributed by atoms with E-state index in [4.69, 9.17) is 5.73 Å². The highest BCUT2D eigenvalue weighted by molar-refractivity contribution is 5.85. The summed E-state index contributed by atoms with van der Waals surface area (Å²) in [6.07, 6.45) is 5.81. The first-order chi connectivity index (χ1) is 10.7. The van der Waals surface area contributed by atoms with Gasteiger partial charge in [-0.05, 0) is 19.3 Å². The summed E-state index contributed by atoms with van der Waals surface area (Å²) in [4.78, 5) is 25.0. The van der Waals surface area contributed by atoms with Crippen molar-refractivity contribution < 1.29 is 4.79 Å². The van der Waals surface area contributed by atoms with Gasteiger partial charge in [0.2, 0.25) is 5.91 Å². The smallest absolute Gasteiger partial charge is 0.242 e. The number of piperazine rings is 1. The Morgan fingerprint density at radius 2 is 2.00 bits per heavy atom. The van der Waals surface area contributed by atoms with Crippen molar-refractivity contribution in [3.63, 3.8) is 0 Å². The molecule has 6 nitrogen and oxygen atoms in total. The average Bonchev–Trinajstić information content (AvgIpc) is 2.51. The number of anilines is 1. The molecule has 2 aliphatic rings. The highest BCUT2D eigenvalue weighted by atomic mass is 35.5. The molecule has 2 N–H and O–H groups in total. The zero-order valence-electron chi connectivity index (χ0n) is 14.1. The van der Waals surface area contributed by atoms with Gasteiger partial charge in [0.25, 0.3) is 0 Å². The molecule has 0 unspecified atom stereocenters. The van der Waals surface area contributed by atoms with Crippen LogP contribution >= 0.6 is 24.8 Å². The van der Waals surface area contributed by atoms with Gasteiger partial charge in [-0.25, -0.2) is 9.97 Å². The topological polar surface area (TPSA) is 75.3 Å². The summed E-state index contributed by atoms with van der Waals surface area (Å²) in [5.74, 6) is 1.53. The van der Waals surface area contributed by atoms with Crippen LogP contribution in [0.25, 0.3) is 0 Å². The van der Waals surface area contributed by atoms with E-state index in [1.54, 1.807) is 6.33 Å². The SMILES string of the molecule is CCCCN1CCN(c2cc(C3CC(N)C3)ncn2)CC1=O.Cl.Cl. The maximum Gasteiger partial charge on any atom is 0.242 e. The Hall–Kier alpha value is -1.11. The number of hydrogen-bond acceptors (Lipinski definition) is 5. The molecule has 2 fully saturated rings. The van der Waals surface area contributed by atoms with E-state index in [-0.39, 0.29) is 30.7 Å². The van der Waals surface area contributed by atoms with Crippen LogP contribution in [-0.2, 0) is 4.79 Å². The Labute approximate surface area is 156 Å². The summed E-state index contributed by atoms with van der Waals surface area (Å²) in [5, 5.41) is 0. The van der Waals surface area contributed by atoms with E-state index < -0.39 is 0 Å². The van der Waals surface area contributed by atoms with Crippen LogP contribution in [0.5, 0.6) is 0 Å². The summed E-state index contributed by atoms with van der Waals surface area (Å²) in [6, 6.07) is 2.35. The first-order valence-electron chi connectivity index (χ1n) is 8.27. The van der Waals surface area contributed by atoms with Gasteiger partial charge in [0, 0.05) is 43.4 Å². The normalized spacial score (nSPS) is 23.2. The third-order valence-corrected chi connectivity index (χ3v) is 4.69. The Morgan fingerprint density at radius 3 is 2.62 bits per heavy atom. The monoisotopic (exact) mass is 375 g/mol. The minimum atomic E-state index is 0. The first-order valence-corrected chi connectivity index (χ1v) is 8.27. The molecule has 1 saturated heterocycles. The summed E-state index contributed by atoms with van der Waals surface area (Å²) in [7, 11) is 0. The lowest BCUT2D eigenvalue weighted by molar-refractivity contribution is -0.131. The summed E-state index contributed by atoms with van der Waals surface area (Å²) in [5.41, 5.74) is 6.92. The fourth-order valence-electron chi connectivity index (χ4n) is 3.15. The molecule has 0 atom stereocenters. The fourth-order valence-corrected chi connectivity index (χ4v) is 3.15. The Morgan fingerprint density at radius 1 is 1.25 bits per heavy atom. The minimum absolute atomic E-state index is 0. The van der Waals surface area contributed by atoms with Gasteiger partial charge in [0.05, 0.1) is 6.54 Å². The van der Waals surface area contributed by atoms with Crippen molar-refractivity contribution in [1.82, 2.24) is 14.9 Å². The second-order valence-electron chi connectivity index (χ2n) is 6.39. The molecule has 0 spiro atoms. The first kappa shape index (κ1) is 20.9. The van der Waals surface area contributed by atoms with E-state index in [9.17, 15) is 4.79 Å². The van der Waals surface area contributed by atoms with Crippen molar-refractivity contribution in [3.05, 3.63) is 18.1 Å². The zero-order valence-corrected chi connectivity index (χ0v) is 15.7. The molecule has 2 heterocycles. The molecule has 1 aliphatic heterocycles. The van der Waals surface area contributed by atoms with E-state index in [2.05, 4.69) is 21.8 Å². The number of halogens is 2. The third kappa shape index (κ3) is 4.71. The summed E-state index contributed by atoms with van der Waals surface area (Å²) in [6.45, 7) is 5.07. The molecule has 3 rings (SSSR count). The van der Waals surface area contributed by atoms with Gasteiger partial charge in [-0.15, -0.1) is 24.8 Å². The number of amides is 1. The zero-order chi connectivity index (χ0) is 15.5. The minimum Gasteiger partial charge on any atom is -0.345 e. The lowest BCUT2D eigenvalue weighted by atomic mass is 9.78. The Bertz CT molecular complexity index is 539. The number of carbonyl (C=O) groups is 1. The van der Waals surface area contributed by atoms with E-state index in [0.717, 1.165) is 56.8 Å². The number of unbranched alkanes of at least 4 members (excludes halogenated alkanes) is 1. The summed E-state index contributed by atoms with van der Waals surface area (Å²) >= 11 is 0. The average molecular weight is 376 g/mol. The van der Waals surface area contributed by atoms with Gasteiger partial charge in [-0.3, -0.25) is 4.79 Å². The maximum absolute atomic E-state index is 12.2. The molecule has 1 aromatic heterocycles. The number of hydrogen-bond donors (Lipinski definition) is 1. The number of nitrogens with zero attached hydrogens (tertiary/aromatic N) is 4.